The molecule has 106 valence electrons. The lowest BCUT2D eigenvalue weighted by molar-refractivity contribution is 0.0378. The fourth-order valence-corrected chi connectivity index (χ4v) is 2.67. The van der Waals surface area contributed by atoms with E-state index in [1.54, 1.807) is 23.5 Å². The molecule has 0 radical (unpaired) electrons. The number of carbonyl (C=O) groups excluding carboxylic acids is 1. The van der Waals surface area contributed by atoms with E-state index in [0.29, 0.717) is 12.1 Å². The summed E-state index contributed by atoms with van der Waals surface area (Å²) >= 11 is 7.43. The van der Waals surface area contributed by atoms with Gasteiger partial charge in [-0.15, -0.1) is 11.3 Å². The first-order valence-electron chi connectivity index (χ1n) is 6.34. The van der Waals surface area contributed by atoms with Crippen LogP contribution in [-0.2, 0) is 11.3 Å². The van der Waals surface area contributed by atoms with E-state index < -0.39 is 0 Å². The minimum absolute atomic E-state index is 0.108. The first kappa shape index (κ1) is 14.9. The van der Waals surface area contributed by atoms with Crippen LogP contribution in [0.25, 0.3) is 0 Å². The second-order valence-electron chi connectivity index (χ2n) is 4.59. The minimum Gasteiger partial charge on any atom is -0.459 e. The zero-order chi connectivity index (χ0) is 14.5. The van der Waals surface area contributed by atoms with Gasteiger partial charge in [-0.05, 0) is 50.2 Å². The van der Waals surface area contributed by atoms with Gasteiger partial charge in [0.05, 0.1) is 16.0 Å². The van der Waals surface area contributed by atoms with Crippen molar-refractivity contribution in [3.63, 3.8) is 0 Å². The Morgan fingerprint density at radius 2 is 1.95 bits per heavy atom. The number of ether oxygens (including phenoxy) is 1. The smallest absolute Gasteiger partial charge is 0.338 e. The van der Waals surface area contributed by atoms with Crippen LogP contribution >= 0.6 is 22.9 Å². The number of nitrogens with one attached hydrogen (secondary N) is 1. The van der Waals surface area contributed by atoms with Gasteiger partial charge in [-0.1, -0.05) is 11.6 Å². The van der Waals surface area contributed by atoms with Crippen LogP contribution in [0.5, 0.6) is 0 Å². The fourth-order valence-electron chi connectivity index (χ4n) is 1.64. The predicted molar refractivity (Wildman–Crippen MR) is 83.6 cm³/mol. The van der Waals surface area contributed by atoms with Gasteiger partial charge in [0, 0.05) is 17.1 Å². The first-order valence-corrected chi connectivity index (χ1v) is 7.53. The van der Waals surface area contributed by atoms with E-state index in [2.05, 4.69) is 5.32 Å². The Bertz CT molecular complexity index is 578. The summed E-state index contributed by atoms with van der Waals surface area (Å²) in [5.74, 6) is -0.295. The molecule has 0 aliphatic heterocycles. The number of anilines is 1. The van der Waals surface area contributed by atoms with Crippen molar-refractivity contribution >= 4 is 34.6 Å². The van der Waals surface area contributed by atoms with Crippen molar-refractivity contribution in [3.8, 4) is 0 Å². The van der Waals surface area contributed by atoms with Crippen molar-refractivity contribution in [2.24, 2.45) is 0 Å². The molecule has 0 fully saturated rings. The van der Waals surface area contributed by atoms with E-state index in [-0.39, 0.29) is 12.1 Å². The lowest BCUT2D eigenvalue weighted by Gasteiger charge is -2.09. The summed E-state index contributed by atoms with van der Waals surface area (Å²) in [5.41, 5.74) is 1.51. The number of carbonyl (C=O) groups is 1. The molecule has 5 heteroatoms. The molecule has 2 rings (SSSR count). The number of rotatable bonds is 5. The molecule has 20 heavy (non-hydrogen) atoms. The van der Waals surface area contributed by atoms with Gasteiger partial charge >= 0.3 is 5.97 Å². The Morgan fingerprint density at radius 3 is 2.50 bits per heavy atom. The molecule has 0 atom stereocenters. The lowest BCUT2D eigenvalue weighted by Crippen LogP contribution is -2.11. The summed E-state index contributed by atoms with van der Waals surface area (Å²) in [4.78, 5) is 12.9. The average molecular weight is 310 g/mol. The molecule has 1 aromatic heterocycles. The highest BCUT2D eigenvalue weighted by Gasteiger charge is 2.08. The SMILES string of the molecule is CC(C)OC(=O)c1ccc(NCc2ccc(Cl)s2)cc1. The van der Waals surface area contributed by atoms with Gasteiger partial charge in [0.15, 0.2) is 0 Å². The number of benzene rings is 1. The summed E-state index contributed by atoms with van der Waals surface area (Å²) < 4.78 is 5.92. The number of halogens is 1. The van der Waals surface area contributed by atoms with Gasteiger partial charge in [0.2, 0.25) is 0 Å². The van der Waals surface area contributed by atoms with Crippen LogP contribution in [0.2, 0.25) is 4.34 Å². The Balaban J connectivity index is 1.93. The Kier molecular flexibility index (Phi) is 5.04. The van der Waals surface area contributed by atoms with Crippen LogP contribution < -0.4 is 5.32 Å². The van der Waals surface area contributed by atoms with E-state index in [4.69, 9.17) is 16.3 Å². The van der Waals surface area contributed by atoms with E-state index in [1.807, 2.05) is 38.1 Å². The van der Waals surface area contributed by atoms with Crippen LogP contribution in [0, 0.1) is 0 Å². The van der Waals surface area contributed by atoms with E-state index in [9.17, 15) is 4.79 Å². The zero-order valence-electron chi connectivity index (χ0n) is 11.4. The van der Waals surface area contributed by atoms with Crippen LogP contribution in [-0.4, -0.2) is 12.1 Å². The Hall–Kier alpha value is -1.52. The molecule has 3 nitrogen and oxygen atoms in total. The monoisotopic (exact) mass is 309 g/mol. The van der Waals surface area contributed by atoms with Crippen molar-refractivity contribution in [1.82, 2.24) is 0 Å². The third-order valence-corrected chi connectivity index (χ3v) is 3.79. The van der Waals surface area contributed by atoms with Gasteiger partial charge in [-0.2, -0.15) is 0 Å². The molecule has 0 amide bonds. The summed E-state index contributed by atoms with van der Waals surface area (Å²) in [6.45, 7) is 4.38. The Labute approximate surface area is 127 Å². The summed E-state index contributed by atoms with van der Waals surface area (Å²) in [6.07, 6.45) is -0.108. The van der Waals surface area contributed by atoms with Crippen molar-refractivity contribution < 1.29 is 9.53 Å². The largest absolute Gasteiger partial charge is 0.459 e. The molecule has 2 aromatic rings. The minimum atomic E-state index is -0.295. The maximum Gasteiger partial charge on any atom is 0.338 e. The molecule has 0 aliphatic rings. The molecule has 1 N–H and O–H groups in total. The first-order chi connectivity index (χ1) is 9.54. The van der Waals surface area contributed by atoms with Crippen LogP contribution in [0.1, 0.15) is 29.1 Å². The fraction of sp³-hybridized carbons (Fsp3) is 0.267. The molecule has 1 heterocycles. The average Bonchev–Trinajstić information content (AvgIpc) is 2.82. The van der Waals surface area contributed by atoms with Crippen LogP contribution in [0.3, 0.4) is 0 Å². The van der Waals surface area contributed by atoms with Crippen molar-refractivity contribution in [1.29, 1.82) is 0 Å². The van der Waals surface area contributed by atoms with Crippen molar-refractivity contribution in [2.75, 3.05) is 5.32 Å². The van der Waals surface area contributed by atoms with Crippen molar-refractivity contribution in [2.45, 2.75) is 26.5 Å². The standard InChI is InChI=1S/C15H16ClNO2S/c1-10(2)19-15(18)11-3-5-12(6-4-11)17-9-13-7-8-14(16)20-13/h3-8,10,17H,9H2,1-2H3. The van der Waals surface area contributed by atoms with Gasteiger partial charge in [-0.25, -0.2) is 4.79 Å². The van der Waals surface area contributed by atoms with E-state index >= 15 is 0 Å². The lowest BCUT2D eigenvalue weighted by atomic mass is 10.2. The summed E-state index contributed by atoms with van der Waals surface area (Å²) in [7, 11) is 0. The molecule has 0 unspecified atom stereocenters. The topological polar surface area (TPSA) is 38.3 Å². The third kappa shape index (κ3) is 4.25. The van der Waals surface area contributed by atoms with Gasteiger partial charge in [0.1, 0.15) is 0 Å². The van der Waals surface area contributed by atoms with Gasteiger partial charge in [-0.3, -0.25) is 0 Å². The highest BCUT2D eigenvalue weighted by molar-refractivity contribution is 7.16. The second-order valence-corrected chi connectivity index (χ2v) is 6.39. The molecular formula is C15H16ClNO2S. The molecule has 0 spiro atoms. The zero-order valence-corrected chi connectivity index (χ0v) is 12.9. The maximum absolute atomic E-state index is 11.7. The van der Waals surface area contributed by atoms with Gasteiger partial charge < -0.3 is 10.1 Å². The van der Waals surface area contributed by atoms with Crippen molar-refractivity contribution in [3.05, 3.63) is 51.2 Å². The second kappa shape index (κ2) is 6.77. The molecule has 0 saturated heterocycles. The third-order valence-electron chi connectivity index (χ3n) is 2.56. The number of esters is 1. The highest BCUT2D eigenvalue weighted by atomic mass is 35.5. The van der Waals surface area contributed by atoms with E-state index in [1.165, 1.54) is 4.88 Å². The molecule has 1 aromatic carbocycles. The number of thiophene rings is 1. The van der Waals surface area contributed by atoms with E-state index in [0.717, 1.165) is 10.0 Å². The quantitative estimate of drug-likeness (QED) is 0.822. The van der Waals surface area contributed by atoms with Crippen LogP contribution in [0.4, 0.5) is 5.69 Å². The normalized spacial score (nSPS) is 10.6. The van der Waals surface area contributed by atoms with Crippen LogP contribution in [0.15, 0.2) is 36.4 Å². The predicted octanol–water partition coefficient (Wildman–Crippen LogP) is 4.58. The number of hydrogen-bond acceptors (Lipinski definition) is 4. The molecule has 0 saturated carbocycles. The number of hydrogen-bond donors (Lipinski definition) is 1. The Morgan fingerprint density at radius 1 is 1.25 bits per heavy atom. The molecule has 0 aliphatic carbocycles. The summed E-state index contributed by atoms with van der Waals surface area (Å²) in [5, 5.41) is 3.28. The molecular weight excluding hydrogens is 294 g/mol. The molecule has 0 bridgehead atoms. The van der Waals surface area contributed by atoms with Gasteiger partial charge in [0.25, 0.3) is 0 Å². The maximum atomic E-state index is 11.7. The summed E-state index contributed by atoms with van der Waals surface area (Å²) in [6, 6.07) is 11.1. The highest BCUT2D eigenvalue weighted by Crippen LogP contribution is 2.22.